The molecule has 1 amide bonds. The lowest BCUT2D eigenvalue weighted by Crippen LogP contribution is -2.42. The van der Waals surface area contributed by atoms with Crippen molar-refractivity contribution >= 4 is 16.9 Å². The molecule has 1 unspecified atom stereocenters. The zero-order valence-electron chi connectivity index (χ0n) is 19.3. The van der Waals surface area contributed by atoms with E-state index in [-0.39, 0.29) is 17.8 Å². The van der Waals surface area contributed by atoms with Crippen LogP contribution >= 0.6 is 0 Å². The molecule has 3 heterocycles. The highest BCUT2D eigenvalue weighted by Gasteiger charge is 2.34. The number of aliphatic hydroxyl groups is 1. The summed E-state index contributed by atoms with van der Waals surface area (Å²) in [6, 6.07) is 10.7. The van der Waals surface area contributed by atoms with E-state index in [2.05, 4.69) is 5.32 Å². The van der Waals surface area contributed by atoms with Crippen molar-refractivity contribution < 1.29 is 32.6 Å². The number of amides is 1. The van der Waals surface area contributed by atoms with E-state index < -0.39 is 17.2 Å². The minimum Gasteiger partial charge on any atom is -0.451 e. The fraction of sp³-hybridized carbons (Fsp3) is 0.423. The molecule has 1 atom stereocenters. The van der Waals surface area contributed by atoms with Gasteiger partial charge in [0.1, 0.15) is 17.2 Å². The number of carbonyl (C=O) groups is 1. The number of rotatable bonds is 6. The number of halogens is 2. The molecule has 3 aromatic rings. The van der Waals surface area contributed by atoms with Gasteiger partial charge in [-0.1, -0.05) is 12.1 Å². The number of furan rings is 1. The lowest BCUT2D eigenvalue weighted by molar-refractivity contribution is -0.0856. The van der Waals surface area contributed by atoms with E-state index >= 15 is 0 Å². The molecular weight excluding hydrogens is 458 g/mol. The molecule has 2 N–H and O–H groups in total. The fourth-order valence-electron chi connectivity index (χ4n) is 4.65. The van der Waals surface area contributed by atoms with Crippen LogP contribution in [0.4, 0.5) is 8.78 Å². The van der Waals surface area contributed by atoms with Gasteiger partial charge in [0.15, 0.2) is 5.76 Å². The molecule has 0 spiro atoms. The Kier molecular flexibility index (Phi) is 6.84. The molecule has 35 heavy (non-hydrogen) atoms. The maximum atomic E-state index is 14.0. The van der Waals surface area contributed by atoms with E-state index in [4.69, 9.17) is 13.9 Å². The molecule has 2 aliphatic heterocycles. The van der Waals surface area contributed by atoms with E-state index in [0.29, 0.717) is 70.0 Å². The summed E-state index contributed by atoms with van der Waals surface area (Å²) in [6.45, 7) is 3.34. The van der Waals surface area contributed by atoms with Crippen LogP contribution in [0.15, 0.2) is 46.9 Å². The molecule has 7 nitrogen and oxygen atoms in total. The fourth-order valence-corrected chi connectivity index (χ4v) is 4.65. The Labute approximate surface area is 201 Å². The second-order valence-corrected chi connectivity index (χ2v) is 9.18. The van der Waals surface area contributed by atoms with Crippen LogP contribution in [-0.4, -0.2) is 61.5 Å². The Morgan fingerprint density at radius 1 is 1.11 bits per heavy atom. The lowest BCUT2D eigenvalue weighted by Gasteiger charge is -2.38. The summed E-state index contributed by atoms with van der Waals surface area (Å²) >= 11 is 0. The van der Waals surface area contributed by atoms with Gasteiger partial charge in [-0.15, -0.1) is 0 Å². The predicted octanol–water partition coefficient (Wildman–Crippen LogP) is 3.34. The van der Waals surface area contributed by atoms with Crippen molar-refractivity contribution in [2.75, 3.05) is 39.5 Å². The van der Waals surface area contributed by atoms with Crippen LogP contribution < -0.4 is 5.32 Å². The second-order valence-electron chi connectivity index (χ2n) is 9.18. The van der Waals surface area contributed by atoms with E-state index in [1.807, 2.05) is 17.0 Å². The molecule has 2 aromatic carbocycles. The van der Waals surface area contributed by atoms with Gasteiger partial charge in [0.2, 0.25) is 0 Å². The Morgan fingerprint density at radius 2 is 1.94 bits per heavy atom. The number of nitrogens with zero attached hydrogens (tertiary/aromatic N) is 1. The number of piperidine rings is 1. The average Bonchev–Trinajstić information content (AvgIpc) is 3.30. The van der Waals surface area contributed by atoms with Crippen LogP contribution in [0.3, 0.4) is 0 Å². The number of benzene rings is 2. The molecule has 5 rings (SSSR count). The highest BCUT2D eigenvalue weighted by Crippen LogP contribution is 2.35. The first kappa shape index (κ1) is 23.9. The van der Waals surface area contributed by atoms with Gasteiger partial charge in [0.05, 0.1) is 31.5 Å². The summed E-state index contributed by atoms with van der Waals surface area (Å²) < 4.78 is 43.8. The third kappa shape index (κ3) is 5.38. The van der Waals surface area contributed by atoms with Crippen molar-refractivity contribution in [3.8, 4) is 0 Å². The van der Waals surface area contributed by atoms with Crippen molar-refractivity contribution in [2.45, 2.75) is 31.1 Å². The smallest absolute Gasteiger partial charge is 0.287 e. The summed E-state index contributed by atoms with van der Waals surface area (Å²) in [7, 11) is 0. The summed E-state index contributed by atoms with van der Waals surface area (Å²) in [4.78, 5) is 14.6. The number of ether oxygens (including phenoxy) is 2. The van der Waals surface area contributed by atoms with Crippen molar-refractivity contribution in [3.05, 3.63) is 71.0 Å². The zero-order valence-corrected chi connectivity index (χ0v) is 19.3. The molecule has 0 saturated carbocycles. The molecule has 0 bridgehead atoms. The monoisotopic (exact) mass is 486 g/mol. The normalized spacial score (nSPS) is 20.7. The van der Waals surface area contributed by atoms with Gasteiger partial charge in [-0.25, -0.2) is 8.78 Å². The number of hydrogen-bond acceptors (Lipinski definition) is 6. The summed E-state index contributed by atoms with van der Waals surface area (Å²) in [6.07, 6.45) is 0.759. The first-order valence-corrected chi connectivity index (χ1v) is 11.8. The van der Waals surface area contributed by atoms with Crippen molar-refractivity contribution in [3.63, 3.8) is 0 Å². The second kappa shape index (κ2) is 10.0. The number of nitrogens with one attached hydrogen (secondary N) is 1. The van der Waals surface area contributed by atoms with Gasteiger partial charge >= 0.3 is 0 Å². The Balaban J connectivity index is 1.22. The Bertz CT molecular complexity index is 1200. The lowest BCUT2D eigenvalue weighted by atomic mass is 9.84. The quantitative estimate of drug-likeness (QED) is 0.556. The first-order chi connectivity index (χ1) is 16.9. The third-order valence-electron chi connectivity index (χ3n) is 6.74. The molecular formula is C26H28F2N2O5. The highest BCUT2D eigenvalue weighted by atomic mass is 19.1. The molecule has 0 radical (unpaired) electrons. The topological polar surface area (TPSA) is 84.2 Å². The molecule has 2 saturated heterocycles. The standard InChI is InChI=1S/C26H28F2N2O5/c27-20-3-1-17(22(28)13-20)15-30-7-5-26(32,6-8-30)19-2-4-23-18(11-19)12-24(35-23)25(31)29-14-21-16-33-9-10-34-21/h1-4,11-13,21,32H,5-10,14-16H2,(H,29,31). The molecule has 0 aliphatic carbocycles. The van der Waals surface area contributed by atoms with Gasteiger partial charge in [-0.05, 0) is 42.7 Å². The summed E-state index contributed by atoms with van der Waals surface area (Å²) in [5.41, 5.74) is 0.705. The van der Waals surface area contributed by atoms with Crippen molar-refractivity contribution in [2.24, 2.45) is 0 Å². The Morgan fingerprint density at radius 3 is 2.69 bits per heavy atom. The Hall–Kier alpha value is -2.85. The number of hydrogen-bond donors (Lipinski definition) is 2. The molecule has 186 valence electrons. The maximum Gasteiger partial charge on any atom is 0.287 e. The molecule has 2 aliphatic rings. The van der Waals surface area contributed by atoms with Crippen LogP contribution in [0.5, 0.6) is 0 Å². The van der Waals surface area contributed by atoms with Crippen molar-refractivity contribution in [1.82, 2.24) is 10.2 Å². The van der Waals surface area contributed by atoms with Crippen LogP contribution in [0.25, 0.3) is 11.0 Å². The molecule has 1 aromatic heterocycles. The number of likely N-dealkylation sites (tertiary alicyclic amines) is 1. The molecule has 2 fully saturated rings. The van der Waals surface area contributed by atoms with E-state index in [9.17, 15) is 18.7 Å². The minimum atomic E-state index is -1.04. The predicted molar refractivity (Wildman–Crippen MR) is 124 cm³/mol. The molecule has 9 heteroatoms. The maximum absolute atomic E-state index is 14.0. The third-order valence-corrected chi connectivity index (χ3v) is 6.74. The average molecular weight is 487 g/mol. The van der Waals surface area contributed by atoms with Crippen LogP contribution in [0.1, 0.15) is 34.5 Å². The largest absolute Gasteiger partial charge is 0.451 e. The van der Waals surface area contributed by atoms with Crippen LogP contribution in [0, 0.1) is 11.6 Å². The summed E-state index contributed by atoms with van der Waals surface area (Å²) in [5, 5.41) is 14.9. The number of fused-ring (bicyclic) bond motifs is 1. The van der Waals surface area contributed by atoms with E-state index in [0.717, 1.165) is 17.0 Å². The van der Waals surface area contributed by atoms with E-state index in [1.54, 1.807) is 12.1 Å². The minimum absolute atomic E-state index is 0.177. The first-order valence-electron chi connectivity index (χ1n) is 11.8. The van der Waals surface area contributed by atoms with Gasteiger partial charge in [0.25, 0.3) is 5.91 Å². The zero-order chi connectivity index (χ0) is 24.4. The van der Waals surface area contributed by atoms with Crippen LogP contribution in [0.2, 0.25) is 0 Å². The van der Waals surface area contributed by atoms with Gasteiger partial charge in [-0.3, -0.25) is 9.69 Å². The van der Waals surface area contributed by atoms with Gasteiger partial charge < -0.3 is 24.3 Å². The van der Waals surface area contributed by atoms with Crippen LogP contribution in [-0.2, 0) is 21.6 Å². The van der Waals surface area contributed by atoms with Crippen molar-refractivity contribution in [1.29, 1.82) is 0 Å². The highest BCUT2D eigenvalue weighted by molar-refractivity contribution is 5.96. The summed E-state index contributed by atoms with van der Waals surface area (Å²) in [5.74, 6) is -1.30. The van der Waals surface area contributed by atoms with Gasteiger partial charge in [-0.2, -0.15) is 0 Å². The number of carbonyl (C=O) groups excluding carboxylic acids is 1. The SMILES string of the molecule is O=C(NCC1COCCO1)c1cc2cc(C3(O)CCN(Cc4ccc(F)cc4F)CC3)ccc2o1. The van der Waals surface area contributed by atoms with Gasteiger partial charge in [0, 0.05) is 43.2 Å². The van der Waals surface area contributed by atoms with E-state index in [1.165, 1.54) is 12.1 Å².